The zero-order valence-corrected chi connectivity index (χ0v) is 83.8. The number of aromatic nitrogens is 6. The molecule has 2 aliphatic carbocycles. The Morgan fingerprint density at radius 2 is 0.971 bits per heavy atom. The Labute approximate surface area is 822 Å². The van der Waals surface area contributed by atoms with Crippen LogP contribution in [0.25, 0.3) is 66.1 Å². The Bertz CT molecular complexity index is 7120. The maximum Gasteiger partial charge on any atom is 0.239 e. The lowest BCUT2D eigenvalue weighted by Gasteiger charge is -2.43. The number of nitriles is 3. The molecule has 8 aliphatic rings. The van der Waals surface area contributed by atoms with E-state index in [1.165, 1.54) is 60.0 Å². The summed E-state index contributed by atoms with van der Waals surface area (Å²) in [6.45, 7) is 19.1. The number of thiophene rings is 2. The number of amides is 5. The number of nitrogens with zero attached hydrogens (tertiary/aromatic N) is 19. The first kappa shape index (κ1) is 98.5. The van der Waals surface area contributed by atoms with Crippen molar-refractivity contribution in [2.24, 2.45) is 70.9 Å². The number of nitrogens with two attached hydrogens (primary N) is 5. The zero-order valence-electron chi connectivity index (χ0n) is 81.3. The number of guanidine groups is 5. The molecule has 12 aromatic rings. The second-order valence-electron chi connectivity index (χ2n) is 39.2. The van der Waals surface area contributed by atoms with Gasteiger partial charge in [0.05, 0.1) is 111 Å². The first-order valence-electron chi connectivity index (χ1n) is 46.8. The standard InChI is InChI=1S/2C27H26N6OS.C21H20N4O.C18H23N5O.C12H22N4O3S/c2*1-16(2)33-22-9-8-19(11-20(22)14-30-33)24-25(34)32(4)26(29)31-27(24,3)23-12-21(15-35-23)18-7-5-6-17(10-18)13-28;1-20(21(9-10-21)18(26)25(2)19(23)24-20)17-8-4-7-16(12-17)15-6-3-5-14(11-15)13-22;1-18(10-16(24)23(2)17(19)20-18)12-6-8-15-13(9-12)14(21-22-15)7-5-11-3-4-11;1-12(7-10(17)15(2)11(13)14-12)9-5-4-6-16(8-9)20(3,18)19/h2*5-12,14-16,24H,1-4H3,(H2,29,31);3-8,11-12H,9-10H2,1-2H3,(H2,23,24);6,8-9,11H,3-5,7,10H2,1-2H3,(H2,19,20)(H,21,22);9H,4-8H2,1-3H3,(H2,13,14)/t24-,27+;24-,27-;20-;18-;9?,12-/m01100/s1. The molecule has 2 saturated carbocycles. The van der Waals surface area contributed by atoms with E-state index in [-0.39, 0.29) is 83.8 Å². The number of aromatic amines is 1. The second-order valence-corrected chi connectivity index (χ2v) is 43.0. The highest BCUT2D eigenvalue weighted by atomic mass is 32.2. The lowest BCUT2D eigenvalue weighted by atomic mass is 9.74. The molecule has 0 radical (unpaired) electrons. The molecule has 20 rings (SSSR count). The maximum atomic E-state index is 13.6. The van der Waals surface area contributed by atoms with Crippen LogP contribution < -0.4 is 28.7 Å². The largest absolute Gasteiger partial charge is 0.369 e. The number of aryl methyl sites for hydroxylation is 1. The lowest BCUT2D eigenvalue weighted by Crippen LogP contribution is -2.55. The minimum Gasteiger partial charge on any atom is -0.369 e. The lowest BCUT2D eigenvalue weighted by molar-refractivity contribution is -0.136. The van der Waals surface area contributed by atoms with Crippen LogP contribution in [-0.4, -0.2) is 186 Å². The summed E-state index contributed by atoms with van der Waals surface area (Å²) in [6.07, 6.45) is 13.7. The van der Waals surface area contributed by atoms with Gasteiger partial charge in [-0.15, -0.1) is 22.7 Å². The summed E-state index contributed by atoms with van der Waals surface area (Å²) in [5.41, 5.74) is 41.6. The van der Waals surface area contributed by atoms with Crippen molar-refractivity contribution < 1.29 is 32.4 Å². The van der Waals surface area contributed by atoms with Crippen LogP contribution in [0.4, 0.5) is 0 Å². The van der Waals surface area contributed by atoms with E-state index in [4.69, 9.17) is 48.9 Å². The molecule has 3 fully saturated rings. The summed E-state index contributed by atoms with van der Waals surface area (Å²) < 4.78 is 28.8. The van der Waals surface area contributed by atoms with E-state index >= 15 is 0 Å². The van der Waals surface area contributed by atoms with Crippen molar-refractivity contribution in [3.8, 4) is 51.6 Å². The van der Waals surface area contributed by atoms with E-state index in [1.54, 1.807) is 76.1 Å². The molecular weight excluding hydrogens is 1820 g/mol. The minimum atomic E-state index is -3.20. The highest BCUT2D eigenvalue weighted by molar-refractivity contribution is 7.88. The monoisotopic (exact) mass is 1940 g/mol. The van der Waals surface area contributed by atoms with Crippen molar-refractivity contribution in [3.05, 3.63) is 241 Å². The number of aliphatic imine (C=N–C) groups is 5. The van der Waals surface area contributed by atoms with Gasteiger partial charge in [0.25, 0.3) is 0 Å². The Balaban J connectivity index is 0.000000128. The third kappa shape index (κ3) is 19.0. The van der Waals surface area contributed by atoms with Gasteiger partial charge in [-0.2, -0.15) is 31.1 Å². The topological polar surface area (TPSA) is 467 Å². The summed E-state index contributed by atoms with van der Waals surface area (Å²) in [5.74, 6) is 0.699. The zero-order chi connectivity index (χ0) is 100. The van der Waals surface area contributed by atoms with E-state index < -0.39 is 55.0 Å². The van der Waals surface area contributed by atoms with Gasteiger partial charge in [-0.05, 0) is 270 Å². The quantitative estimate of drug-likeness (QED) is 0.0523. The summed E-state index contributed by atoms with van der Waals surface area (Å²) in [4.78, 5) is 96.8. The van der Waals surface area contributed by atoms with Gasteiger partial charge in [-0.25, -0.2) is 37.7 Å². The number of carbonyl (C=O) groups is 5. The van der Waals surface area contributed by atoms with E-state index in [9.17, 15) is 42.9 Å². The molecule has 35 heteroatoms. The fraction of sp³-hybridized carbons (Fsp3) is 0.371. The van der Waals surface area contributed by atoms with Gasteiger partial charge in [0, 0.05) is 92.0 Å². The number of rotatable bonds is 16. The molecule has 1 saturated heterocycles. The third-order valence-electron chi connectivity index (χ3n) is 28.9. The predicted molar refractivity (Wildman–Crippen MR) is 548 cm³/mol. The minimum absolute atomic E-state index is 0.00810. The molecule has 8 atom stereocenters. The highest BCUT2D eigenvalue weighted by Gasteiger charge is 2.66. The smallest absolute Gasteiger partial charge is 0.239 e. The molecule has 32 nitrogen and oxygen atoms in total. The number of carbonyl (C=O) groups excluding carboxylic acids is 5. The molecule has 6 aliphatic heterocycles. The van der Waals surface area contributed by atoms with E-state index in [0.717, 1.165) is 136 Å². The number of benzene rings is 7. The van der Waals surface area contributed by atoms with E-state index in [1.807, 2.05) is 188 Å². The van der Waals surface area contributed by atoms with Gasteiger partial charge in [-0.3, -0.25) is 62.9 Å². The van der Waals surface area contributed by atoms with Crippen LogP contribution in [0.15, 0.2) is 212 Å². The Kier molecular flexibility index (Phi) is 27.0. The SMILES string of the molecule is CC(C)n1ncc2cc([C@@H]3C(=O)N(C)C(N)=N[C@]3(C)c3cc(-c4cccc(C#N)c4)cs3)ccc21.CC(C)n1ncc2cc([C@H]3C(=O)N(C)C(N)=N[C@]3(C)c3cc(-c4cccc(C#N)c4)cs3)ccc21.CN1C(=O)C2(CC2)[C@@](C)(c2cccc(-c3cccc(C#N)c3)c2)N=C1N.CN1C(=O)C[C@@](C)(C2CCCN(S(C)(=O)=O)C2)N=C1N.CN1C(=O)C[C@@](C)(c2ccc3n[nH]c(CCC4CC4)c3c2)N=C1N. The number of H-pyrrole nitrogens is 1. The normalized spacial score (nSPS) is 23.5. The molecule has 11 N–H and O–H groups in total. The van der Waals surface area contributed by atoms with Crippen molar-refractivity contribution in [3.63, 3.8) is 0 Å². The molecule has 7 aromatic carbocycles. The maximum absolute atomic E-state index is 13.6. The van der Waals surface area contributed by atoms with Crippen LogP contribution in [0, 0.1) is 51.2 Å². The summed E-state index contributed by atoms with van der Waals surface area (Å²) in [6, 6.07) is 59.9. The Hall–Kier alpha value is -14.6. The number of sulfonamides is 1. The van der Waals surface area contributed by atoms with Crippen molar-refractivity contribution >= 4 is 125 Å². The van der Waals surface area contributed by atoms with Crippen LogP contribution in [-0.2, 0) is 62.6 Å². The molecule has 11 heterocycles. The molecule has 1 unspecified atom stereocenters. The van der Waals surface area contributed by atoms with Gasteiger partial charge < -0.3 is 28.7 Å². The van der Waals surface area contributed by atoms with Crippen molar-refractivity contribution in [1.29, 1.82) is 15.8 Å². The fourth-order valence-corrected chi connectivity index (χ4v) is 22.9. The van der Waals surface area contributed by atoms with Gasteiger partial charge in [0.1, 0.15) is 16.6 Å². The first-order chi connectivity index (χ1) is 66.4. The third-order valence-corrected chi connectivity index (χ3v) is 32.5. The first-order valence-corrected chi connectivity index (χ1v) is 50.4. The van der Waals surface area contributed by atoms with Crippen molar-refractivity contribution in [2.45, 2.75) is 178 Å². The van der Waals surface area contributed by atoms with Gasteiger partial charge >= 0.3 is 0 Å². The fourth-order valence-electron chi connectivity index (χ4n) is 19.9. The van der Waals surface area contributed by atoms with Gasteiger partial charge in [0.15, 0.2) is 29.8 Å². The number of piperidine rings is 1. The highest BCUT2D eigenvalue weighted by Crippen LogP contribution is 2.63. The average molecular weight is 1940 g/mol. The summed E-state index contributed by atoms with van der Waals surface area (Å²) >= 11 is 3.09. The number of likely N-dealkylation sites (N-methyl/N-ethyl adjacent to an activating group) is 2. The van der Waals surface area contributed by atoms with Crippen LogP contribution >= 0.6 is 22.7 Å². The number of nitrogens with one attached hydrogen (secondary N) is 1. The average Bonchev–Trinajstić information content (AvgIpc) is 1.53. The van der Waals surface area contributed by atoms with Crippen molar-refractivity contribution in [1.82, 2.24) is 58.6 Å². The van der Waals surface area contributed by atoms with Crippen LogP contribution in [0.3, 0.4) is 0 Å². The van der Waals surface area contributed by atoms with E-state index in [0.29, 0.717) is 36.2 Å². The molecule has 140 heavy (non-hydrogen) atoms. The number of fused-ring (bicyclic) bond motifs is 3. The molecular formula is C105H117N25O7S3. The molecule has 0 bridgehead atoms. The van der Waals surface area contributed by atoms with Gasteiger partial charge in [0.2, 0.25) is 39.6 Å². The molecule has 722 valence electrons. The van der Waals surface area contributed by atoms with Crippen LogP contribution in [0.5, 0.6) is 0 Å². The predicted octanol–water partition coefficient (Wildman–Crippen LogP) is 14.9. The van der Waals surface area contributed by atoms with Crippen LogP contribution in [0.2, 0.25) is 0 Å². The molecule has 5 aromatic heterocycles. The van der Waals surface area contributed by atoms with Crippen molar-refractivity contribution in [2.75, 3.05) is 54.6 Å². The van der Waals surface area contributed by atoms with Gasteiger partial charge in [-0.1, -0.05) is 85.6 Å². The number of hydrogen-bond acceptors (Lipinski definition) is 25. The molecule has 5 amide bonds. The molecule has 1 spiro atoms. The summed E-state index contributed by atoms with van der Waals surface area (Å²) in [7, 11) is 5.07. The van der Waals surface area contributed by atoms with Crippen LogP contribution in [0.1, 0.15) is 198 Å². The Morgan fingerprint density at radius 1 is 0.507 bits per heavy atom. The summed E-state index contributed by atoms with van der Waals surface area (Å²) in [5, 5.41) is 51.5. The Morgan fingerprint density at radius 3 is 1.44 bits per heavy atom. The second kappa shape index (κ2) is 38.3. The van der Waals surface area contributed by atoms with E-state index in [2.05, 4.69) is 101 Å². The number of hydrogen-bond donors (Lipinski definition) is 6.